The zero-order valence-corrected chi connectivity index (χ0v) is 12.0. The van der Waals surface area contributed by atoms with Crippen LogP contribution in [0.15, 0.2) is 18.2 Å². The van der Waals surface area contributed by atoms with Crippen molar-refractivity contribution in [3.63, 3.8) is 0 Å². The van der Waals surface area contributed by atoms with Gasteiger partial charge in [0, 0.05) is 19.1 Å². The largest absolute Gasteiger partial charge is 0.490 e. The van der Waals surface area contributed by atoms with Crippen molar-refractivity contribution < 1.29 is 9.66 Å². The highest BCUT2D eigenvalue weighted by atomic mass is 16.6. The van der Waals surface area contributed by atoms with Gasteiger partial charge in [-0.3, -0.25) is 10.1 Å². The number of ether oxygens (including phenoxy) is 1. The number of methoxy groups -OCH3 is 1. The van der Waals surface area contributed by atoms with E-state index in [2.05, 4.69) is 5.32 Å². The van der Waals surface area contributed by atoms with Gasteiger partial charge in [-0.25, -0.2) is 0 Å². The van der Waals surface area contributed by atoms with Gasteiger partial charge in [0.05, 0.1) is 12.0 Å². The minimum Gasteiger partial charge on any atom is -0.490 e. The number of nitrogens with zero attached hydrogens (tertiary/aromatic N) is 2. The summed E-state index contributed by atoms with van der Waals surface area (Å²) in [6.07, 6.45) is 2.29. The first-order chi connectivity index (χ1) is 9.67. The van der Waals surface area contributed by atoms with E-state index in [1.807, 2.05) is 11.8 Å². The molecule has 0 aliphatic carbocycles. The van der Waals surface area contributed by atoms with E-state index in [4.69, 9.17) is 4.74 Å². The monoisotopic (exact) mass is 279 g/mol. The van der Waals surface area contributed by atoms with E-state index >= 15 is 0 Å². The summed E-state index contributed by atoms with van der Waals surface area (Å²) in [5.41, 5.74) is 0.681. The molecule has 1 heterocycles. The summed E-state index contributed by atoms with van der Waals surface area (Å²) in [5, 5.41) is 14.8. The lowest BCUT2D eigenvalue weighted by atomic mass is 10.1. The summed E-state index contributed by atoms with van der Waals surface area (Å²) in [6, 6.07) is 5.62. The second-order valence-electron chi connectivity index (χ2n) is 4.92. The number of rotatable bonds is 6. The molecule has 110 valence electrons. The number of nitro groups is 1. The number of nitro benzene ring substituents is 1. The normalized spacial score (nSPS) is 18.0. The number of likely N-dealkylation sites (N-methyl/N-ethyl adjacent to an activating group) is 1. The Bertz CT molecular complexity index is 473. The number of hydrogen-bond donors (Lipinski definition) is 1. The molecule has 1 aromatic carbocycles. The maximum Gasteiger partial charge on any atom is 0.333 e. The third-order valence-corrected chi connectivity index (χ3v) is 3.71. The third kappa shape index (κ3) is 3.01. The minimum absolute atomic E-state index is 0.0508. The number of nitrogens with one attached hydrogen (secondary N) is 1. The van der Waals surface area contributed by atoms with Gasteiger partial charge >= 0.3 is 5.69 Å². The second kappa shape index (κ2) is 6.56. The average Bonchev–Trinajstić information content (AvgIpc) is 2.96. The van der Waals surface area contributed by atoms with E-state index in [9.17, 15) is 10.1 Å². The van der Waals surface area contributed by atoms with Gasteiger partial charge in [0.25, 0.3) is 0 Å². The fourth-order valence-corrected chi connectivity index (χ4v) is 2.69. The van der Waals surface area contributed by atoms with Gasteiger partial charge in [0.15, 0.2) is 5.75 Å². The topological polar surface area (TPSA) is 67.6 Å². The van der Waals surface area contributed by atoms with Crippen molar-refractivity contribution in [3.8, 4) is 5.75 Å². The SMILES string of the molecule is CCN(CC1CCCN1)c1cccc(OC)c1[N+](=O)[O-]. The van der Waals surface area contributed by atoms with Crippen LogP contribution in [0.4, 0.5) is 11.4 Å². The van der Waals surface area contributed by atoms with E-state index in [0.29, 0.717) is 17.5 Å². The fraction of sp³-hybridized carbons (Fsp3) is 0.571. The molecule has 1 aliphatic heterocycles. The molecule has 20 heavy (non-hydrogen) atoms. The van der Waals surface area contributed by atoms with Crippen LogP contribution in [0.2, 0.25) is 0 Å². The van der Waals surface area contributed by atoms with Gasteiger partial charge in [-0.05, 0) is 38.4 Å². The molecule has 0 amide bonds. The Balaban J connectivity index is 2.30. The molecule has 1 unspecified atom stereocenters. The van der Waals surface area contributed by atoms with Crippen molar-refractivity contribution in [3.05, 3.63) is 28.3 Å². The third-order valence-electron chi connectivity index (χ3n) is 3.71. The summed E-state index contributed by atoms with van der Waals surface area (Å²) in [4.78, 5) is 13.0. The Morgan fingerprint density at radius 1 is 1.55 bits per heavy atom. The maximum atomic E-state index is 11.3. The van der Waals surface area contributed by atoms with E-state index in [-0.39, 0.29) is 10.6 Å². The lowest BCUT2D eigenvalue weighted by Crippen LogP contribution is -2.37. The maximum absolute atomic E-state index is 11.3. The van der Waals surface area contributed by atoms with Crippen LogP contribution in [0.5, 0.6) is 5.75 Å². The zero-order chi connectivity index (χ0) is 14.5. The molecule has 1 aliphatic rings. The Morgan fingerprint density at radius 2 is 2.35 bits per heavy atom. The second-order valence-corrected chi connectivity index (χ2v) is 4.92. The van der Waals surface area contributed by atoms with Crippen LogP contribution in [-0.4, -0.2) is 37.7 Å². The van der Waals surface area contributed by atoms with Gasteiger partial charge in [0.2, 0.25) is 0 Å². The molecule has 6 heteroatoms. The lowest BCUT2D eigenvalue weighted by molar-refractivity contribution is -0.385. The van der Waals surface area contributed by atoms with Crippen molar-refractivity contribution in [2.75, 3.05) is 31.6 Å². The molecular formula is C14H21N3O3. The van der Waals surface area contributed by atoms with E-state index in [1.165, 1.54) is 13.5 Å². The molecular weight excluding hydrogens is 258 g/mol. The van der Waals surface area contributed by atoms with Crippen molar-refractivity contribution in [2.24, 2.45) is 0 Å². The van der Waals surface area contributed by atoms with Gasteiger partial charge in [-0.1, -0.05) is 6.07 Å². The predicted molar refractivity (Wildman–Crippen MR) is 78.6 cm³/mol. The molecule has 1 N–H and O–H groups in total. The minimum atomic E-state index is -0.362. The van der Waals surface area contributed by atoms with Crippen molar-refractivity contribution in [1.82, 2.24) is 5.32 Å². The smallest absolute Gasteiger partial charge is 0.333 e. The average molecular weight is 279 g/mol. The Hall–Kier alpha value is -1.82. The summed E-state index contributed by atoms with van der Waals surface area (Å²) in [6.45, 7) is 4.55. The Kier molecular flexibility index (Phi) is 4.79. The highest BCUT2D eigenvalue weighted by Crippen LogP contribution is 2.37. The van der Waals surface area contributed by atoms with Gasteiger partial charge in [-0.2, -0.15) is 0 Å². The number of benzene rings is 1. The summed E-state index contributed by atoms with van der Waals surface area (Å²) in [5.74, 6) is 0.310. The summed E-state index contributed by atoms with van der Waals surface area (Å²) in [7, 11) is 1.46. The molecule has 0 radical (unpaired) electrons. The molecule has 1 saturated heterocycles. The zero-order valence-electron chi connectivity index (χ0n) is 12.0. The van der Waals surface area contributed by atoms with E-state index in [0.717, 1.165) is 26.1 Å². The molecule has 1 atom stereocenters. The number of para-hydroxylation sites is 1. The molecule has 1 aromatic rings. The van der Waals surface area contributed by atoms with Crippen molar-refractivity contribution >= 4 is 11.4 Å². The Labute approximate surface area is 118 Å². The molecule has 0 spiro atoms. The highest BCUT2D eigenvalue weighted by molar-refractivity contribution is 5.69. The molecule has 2 rings (SSSR count). The first-order valence-corrected chi connectivity index (χ1v) is 6.97. The summed E-state index contributed by atoms with van der Waals surface area (Å²) < 4.78 is 5.13. The number of anilines is 1. The van der Waals surface area contributed by atoms with Gasteiger partial charge in [-0.15, -0.1) is 0 Å². The van der Waals surface area contributed by atoms with Crippen LogP contribution in [-0.2, 0) is 0 Å². The van der Waals surface area contributed by atoms with Gasteiger partial charge < -0.3 is 15.0 Å². The molecule has 6 nitrogen and oxygen atoms in total. The molecule has 1 fully saturated rings. The van der Waals surface area contributed by atoms with Crippen LogP contribution in [0.25, 0.3) is 0 Å². The van der Waals surface area contributed by atoms with Crippen molar-refractivity contribution in [2.45, 2.75) is 25.8 Å². The van der Waals surface area contributed by atoms with Crippen LogP contribution in [0.1, 0.15) is 19.8 Å². The van der Waals surface area contributed by atoms with E-state index in [1.54, 1.807) is 18.2 Å². The summed E-state index contributed by atoms with van der Waals surface area (Å²) >= 11 is 0. The first kappa shape index (κ1) is 14.6. The highest BCUT2D eigenvalue weighted by Gasteiger charge is 2.26. The fourth-order valence-electron chi connectivity index (χ4n) is 2.69. The lowest BCUT2D eigenvalue weighted by Gasteiger charge is -2.26. The number of hydrogen-bond acceptors (Lipinski definition) is 5. The molecule has 0 bridgehead atoms. The van der Waals surface area contributed by atoms with Crippen LogP contribution in [0.3, 0.4) is 0 Å². The van der Waals surface area contributed by atoms with Gasteiger partial charge in [0.1, 0.15) is 5.69 Å². The molecule has 0 aromatic heterocycles. The first-order valence-electron chi connectivity index (χ1n) is 6.97. The predicted octanol–water partition coefficient (Wildman–Crippen LogP) is 2.18. The molecule has 0 saturated carbocycles. The quantitative estimate of drug-likeness (QED) is 0.638. The van der Waals surface area contributed by atoms with Crippen molar-refractivity contribution in [1.29, 1.82) is 0 Å². The van der Waals surface area contributed by atoms with Crippen LogP contribution >= 0.6 is 0 Å². The van der Waals surface area contributed by atoms with Crippen LogP contribution < -0.4 is 15.0 Å². The van der Waals surface area contributed by atoms with E-state index < -0.39 is 0 Å². The van der Waals surface area contributed by atoms with Crippen LogP contribution in [0, 0.1) is 10.1 Å². The Morgan fingerprint density at radius 3 is 2.90 bits per heavy atom. The standard InChI is InChI=1S/C14H21N3O3/c1-3-16(10-11-6-5-9-15-11)12-7-4-8-13(20-2)14(12)17(18)19/h4,7-8,11,15H,3,5-6,9-10H2,1-2H3.